The van der Waals surface area contributed by atoms with Crippen LogP contribution in [0, 0.1) is 0 Å². The van der Waals surface area contributed by atoms with Gasteiger partial charge in [-0.15, -0.1) is 5.10 Å². The fourth-order valence-electron chi connectivity index (χ4n) is 2.62. The van der Waals surface area contributed by atoms with Crippen molar-refractivity contribution < 1.29 is 19.0 Å². The van der Waals surface area contributed by atoms with Gasteiger partial charge in [0, 0.05) is 24.3 Å². The van der Waals surface area contributed by atoms with Crippen LogP contribution >= 0.6 is 11.3 Å². The van der Waals surface area contributed by atoms with Gasteiger partial charge in [-0.2, -0.15) is 5.10 Å². The Labute approximate surface area is 178 Å². The third-order valence-electron chi connectivity index (χ3n) is 4.19. The molecule has 3 aromatic rings. The maximum Gasteiger partial charge on any atom is 0.333 e. The van der Waals surface area contributed by atoms with Crippen LogP contribution in [-0.4, -0.2) is 37.1 Å². The minimum atomic E-state index is -0.432. The zero-order valence-electron chi connectivity index (χ0n) is 17.1. The van der Waals surface area contributed by atoms with Gasteiger partial charge in [0.1, 0.15) is 24.7 Å². The fraction of sp³-hybridized carbons (Fsp3) is 0.227. The third-order valence-corrected chi connectivity index (χ3v) is 5.30. The Bertz CT molecular complexity index is 1160. The standard InChI is InChI=1S/C22H23N3O4S/c1-15(2)21(26)29-12-11-28-17-10-9-16(19(13-17)27-4)14-23-24-22-25(3)18-7-5-6-8-20(18)30-22/h5-10,13-14H,1,11-12H2,2-4H3/b23-14+,24-22+. The smallest absolute Gasteiger partial charge is 0.333 e. The van der Waals surface area contributed by atoms with Gasteiger partial charge >= 0.3 is 5.97 Å². The molecule has 0 aliphatic heterocycles. The third kappa shape index (κ3) is 5.15. The number of aromatic nitrogens is 1. The van der Waals surface area contributed by atoms with Crippen LogP contribution < -0.4 is 14.3 Å². The Balaban J connectivity index is 1.68. The molecule has 1 aromatic heterocycles. The molecule has 0 aliphatic rings. The Morgan fingerprint density at radius 3 is 2.77 bits per heavy atom. The number of para-hydroxylation sites is 1. The van der Waals surface area contributed by atoms with Crippen molar-refractivity contribution in [3.8, 4) is 11.5 Å². The summed E-state index contributed by atoms with van der Waals surface area (Å²) in [4.78, 5) is 12.2. The van der Waals surface area contributed by atoms with Gasteiger partial charge in [0.05, 0.1) is 23.5 Å². The summed E-state index contributed by atoms with van der Waals surface area (Å²) in [6, 6.07) is 13.5. The number of nitrogens with zero attached hydrogens (tertiary/aromatic N) is 3. The number of aryl methyl sites for hydroxylation is 1. The Hall–Kier alpha value is -3.39. The number of benzene rings is 2. The molecule has 0 amide bonds. The van der Waals surface area contributed by atoms with E-state index in [1.54, 1.807) is 43.7 Å². The van der Waals surface area contributed by atoms with Crippen molar-refractivity contribution in [2.24, 2.45) is 17.3 Å². The molecule has 1 heterocycles. The molecule has 0 unspecified atom stereocenters. The summed E-state index contributed by atoms with van der Waals surface area (Å²) in [7, 11) is 3.54. The minimum absolute atomic E-state index is 0.141. The molecule has 0 bridgehead atoms. The summed E-state index contributed by atoms with van der Waals surface area (Å²) >= 11 is 1.58. The number of hydrogen-bond donors (Lipinski definition) is 0. The summed E-state index contributed by atoms with van der Waals surface area (Å²) in [6.07, 6.45) is 1.64. The molecule has 2 aromatic carbocycles. The van der Waals surface area contributed by atoms with Gasteiger partial charge in [0.2, 0.25) is 4.80 Å². The first-order valence-electron chi connectivity index (χ1n) is 9.24. The first-order valence-corrected chi connectivity index (χ1v) is 10.1. The average molecular weight is 426 g/mol. The number of rotatable bonds is 8. The second-order valence-electron chi connectivity index (χ2n) is 6.42. The Morgan fingerprint density at radius 2 is 2.03 bits per heavy atom. The number of thiazole rings is 1. The lowest BCUT2D eigenvalue weighted by molar-refractivity contribution is -0.139. The highest BCUT2D eigenvalue weighted by molar-refractivity contribution is 7.16. The highest BCUT2D eigenvalue weighted by Gasteiger charge is 2.06. The summed E-state index contributed by atoms with van der Waals surface area (Å²) in [5.74, 6) is 0.771. The SMILES string of the molecule is C=C(C)C(=O)OCCOc1ccc(/C=N/N=c2/sc3ccccc3n2C)c(OC)c1. The number of fused-ring (bicyclic) bond motifs is 1. The first kappa shape index (κ1) is 21.3. The number of carbonyl (C=O) groups excluding carboxylic acids is 1. The van der Waals surface area contributed by atoms with Crippen LogP contribution in [0.15, 0.2) is 64.8 Å². The van der Waals surface area contributed by atoms with E-state index < -0.39 is 5.97 Å². The molecule has 3 rings (SSSR count). The van der Waals surface area contributed by atoms with E-state index >= 15 is 0 Å². The van der Waals surface area contributed by atoms with Crippen molar-refractivity contribution in [2.45, 2.75) is 6.92 Å². The zero-order valence-corrected chi connectivity index (χ0v) is 17.9. The Morgan fingerprint density at radius 1 is 1.23 bits per heavy atom. The van der Waals surface area contributed by atoms with Gasteiger partial charge in [-0.3, -0.25) is 0 Å². The molecular weight excluding hydrogens is 402 g/mol. The van der Waals surface area contributed by atoms with Gasteiger partial charge in [0.15, 0.2) is 0 Å². The monoisotopic (exact) mass is 425 g/mol. The van der Waals surface area contributed by atoms with E-state index in [4.69, 9.17) is 14.2 Å². The lowest BCUT2D eigenvalue weighted by atomic mass is 10.2. The molecule has 0 aliphatic carbocycles. The molecule has 0 saturated heterocycles. The number of ether oxygens (including phenoxy) is 3. The number of methoxy groups -OCH3 is 1. The van der Waals surface area contributed by atoms with E-state index in [9.17, 15) is 4.79 Å². The normalized spacial score (nSPS) is 11.8. The van der Waals surface area contributed by atoms with E-state index in [2.05, 4.69) is 28.9 Å². The van der Waals surface area contributed by atoms with Gasteiger partial charge in [-0.1, -0.05) is 30.0 Å². The molecule has 8 heteroatoms. The highest BCUT2D eigenvalue weighted by atomic mass is 32.1. The summed E-state index contributed by atoms with van der Waals surface area (Å²) in [5.41, 5.74) is 2.24. The van der Waals surface area contributed by atoms with Crippen molar-refractivity contribution in [3.05, 3.63) is 65.0 Å². The van der Waals surface area contributed by atoms with Crippen molar-refractivity contribution in [2.75, 3.05) is 20.3 Å². The van der Waals surface area contributed by atoms with Gasteiger partial charge in [-0.25, -0.2) is 4.79 Å². The topological polar surface area (TPSA) is 74.4 Å². The minimum Gasteiger partial charge on any atom is -0.496 e. The maximum absolute atomic E-state index is 11.4. The predicted molar refractivity (Wildman–Crippen MR) is 118 cm³/mol. The predicted octanol–water partition coefficient (Wildman–Crippen LogP) is 3.68. The summed E-state index contributed by atoms with van der Waals surface area (Å²) in [6.45, 7) is 5.50. The van der Waals surface area contributed by atoms with Crippen LogP contribution in [-0.2, 0) is 16.6 Å². The fourth-order valence-corrected chi connectivity index (χ4v) is 3.60. The maximum atomic E-state index is 11.4. The molecule has 156 valence electrons. The van der Waals surface area contributed by atoms with Crippen molar-refractivity contribution in [1.29, 1.82) is 0 Å². The lowest BCUT2D eigenvalue weighted by Gasteiger charge is -2.10. The van der Waals surface area contributed by atoms with Gasteiger partial charge in [0.25, 0.3) is 0 Å². The van der Waals surface area contributed by atoms with Gasteiger partial charge in [-0.05, 0) is 31.2 Å². The number of esters is 1. The molecule has 0 saturated carbocycles. The molecule has 0 atom stereocenters. The van der Waals surface area contributed by atoms with Crippen molar-refractivity contribution in [3.63, 3.8) is 0 Å². The molecule has 0 fully saturated rings. The quantitative estimate of drug-likeness (QED) is 0.181. The average Bonchev–Trinajstić information content (AvgIpc) is 3.07. The van der Waals surface area contributed by atoms with Crippen LogP contribution in [0.5, 0.6) is 11.5 Å². The largest absolute Gasteiger partial charge is 0.496 e. The van der Waals surface area contributed by atoms with Crippen LogP contribution in [0.3, 0.4) is 0 Å². The van der Waals surface area contributed by atoms with Crippen molar-refractivity contribution in [1.82, 2.24) is 4.57 Å². The Kier molecular flexibility index (Phi) is 7.03. The molecule has 7 nitrogen and oxygen atoms in total. The van der Waals surface area contributed by atoms with Crippen LogP contribution in [0.25, 0.3) is 10.2 Å². The van der Waals surface area contributed by atoms with Crippen LogP contribution in [0.4, 0.5) is 0 Å². The number of hydrogen-bond acceptors (Lipinski definition) is 7. The number of carbonyl (C=O) groups is 1. The molecular formula is C22H23N3O4S. The van der Waals surface area contributed by atoms with Gasteiger partial charge < -0.3 is 18.8 Å². The second-order valence-corrected chi connectivity index (χ2v) is 7.43. The highest BCUT2D eigenvalue weighted by Crippen LogP contribution is 2.23. The second kappa shape index (κ2) is 9.89. The molecule has 0 spiro atoms. The van der Waals surface area contributed by atoms with E-state index in [1.807, 2.05) is 29.8 Å². The summed E-state index contributed by atoms with van der Waals surface area (Å²) < 4.78 is 19.2. The van der Waals surface area contributed by atoms with E-state index in [0.717, 1.165) is 20.6 Å². The molecule has 0 radical (unpaired) electrons. The van der Waals surface area contributed by atoms with Crippen LogP contribution in [0.2, 0.25) is 0 Å². The molecule has 0 N–H and O–H groups in total. The van der Waals surface area contributed by atoms with Crippen molar-refractivity contribution >= 4 is 33.7 Å². The zero-order chi connectivity index (χ0) is 21.5. The van der Waals surface area contributed by atoms with E-state index in [-0.39, 0.29) is 13.2 Å². The van der Waals surface area contributed by atoms with Crippen LogP contribution in [0.1, 0.15) is 12.5 Å². The van der Waals surface area contributed by atoms with E-state index in [0.29, 0.717) is 17.1 Å². The van der Waals surface area contributed by atoms with E-state index in [1.165, 1.54) is 0 Å². The molecule has 30 heavy (non-hydrogen) atoms. The lowest BCUT2D eigenvalue weighted by Crippen LogP contribution is -2.12. The first-order chi connectivity index (χ1) is 14.5. The summed E-state index contributed by atoms with van der Waals surface area (Å²) in [5, 5.41) is 8.56.